The molecule has 33 heavy (non-hydrogen) atoms. The Kier molecular flexibility index (Phi) is 5.42. The molecule has 7 nitrogen and oxygen atoms in total. The van der Waals surface area contributed by atoms with Crippen molar-refractivity contribution in [1.82, 2.24) is 24.5 Å². The fraction of sp³-hybridized carbons (Fsp3) is 0.458. The molecule has 174 valence electrons. The summed E-state index contributed by atoms with van der Waals surface area (Å²) in [5.74, 6) is 0.823. The van der Waals surface area contributed by atoms with Gasteiger partial charge in [-0.25, -0.2) is 8.78 Å². The number of anilines is 2. The number of halogens is 2. The molecule has 0 saturated carbocycles. The molecule has 0 fully saturated rings. The minimum absolute atomic E-state index is 0.00260. The van der Waals surface area contributed by atoms with Gasteiger partial charge in [0.2, 0.25) is 5.91 Å². The van der Waals surface area contributed by atoms with E-state index in [0.29, 0.717) is 30.8 Å². The Labute approximate surface area is 191 Å². The summed E-state index contributed by atoms with van der Waals surface area (Å²) in [6.45, 7) is 6.24. The van der Waals surface area contributed by atoms with Crippen LogP contribution in [0, 0.1) is 0 Å². The maximum atomic E-state index is 14.2. The van der Waals surface area contributed by atoms with Gasteiger partial charge in [0.1, 0.15) is 0 Å². The van der Waals surface area contributed by atoms with Crippen molar-refractivity contribution in [1.29, 1.82) is 0 Å². The SMILES string of the molecule is CCn1nc(N2CCCc3cc(-c4cnn(C)c4)c(C(F)F)cc32)c2c1CCN(C(C)=O)C2. The third kappa shape index (κ3) is 3.69. The summed E-state index contributed by atoms with van der Waals surface area (Å²) in [6.07, 6.45) is 3.26. The Balaban J connectivity index is 1.63. The van der Waals surface area contributed by atoms with Crippen molar-refractivity contribution in [3.8, 4) is 11.1 Å². The van der Waals surface area contributed by atoms with Crippen LogP contribution in [-0.4, -0.2) is 43.5 Å². The van der Waals surface area contributed by atoms with Gasteiger partial charge in [0.25, 0.3) is 6.43 Å². The van der Waals surface area contributed by atoms with Crippen LogP contribution in [0.5, 0.6) is 0 Å². The molecule has 0 atom stereocenters. The Bertz CT molecular complexity index is 1210. The van der Waals surface area contributed by atoms with Gasteiger partial charge in [0.15, 0.2) is 5.82 Å². The van der Waals surface area contributed by atoms with Crippen LogP contribution in [0.4, 0.5) is 20.3 Å². The Morgan fingerprint density at radius 1 is 1.21 bits per heavy atom. The lowest BCUT2D eigenvalue weighted by Gasteiger charge is -2.33. The predicted octanol–water partition coefficient (Wildman–Crippen LogP) is 4.23. The zero-order valence-corrected chi connectivity index (χ0v) is 19.2. The summed E-state index contributed by atoms with van der Waals surface area (Å²) in [4.78, 5) is 16.0. The van der Waals surface area contributed by atoms with Gasteiger partial charge >= 0.3 is 0 Å². The van der Waals surface area contributed by atoms with E-state index < -0.39 is 6.43 Å². The molecule has 5 rings (SSSR count). The fourth-order valence-electron chi connectivity index (χ4n) is 5.08. The number of amides is 1. The number of fused-ring (bicyclic) bond motifs is 2. The number of hydrogen-bond donors (Lipinski definition) is 0. The number of carbonyl (C=O) groups excluding carboxylic acids is 1. The van der Waals surface area contributed by atoms with E-state index in [-0.39, 0.29) is 11.5 Å². The van der Waals surface area contributed by atoms with E-state index in [1.165, 1.54) is 0 Å². The van der Waals surface area contributed by atoms with Gasteiger partial charge < -0.3 is 9.80 Å². The highest BCUT2D eigenvalue weighted by Gasteiger charge is 2.32. The molecule has 2 aliphatic rings. The van der Waals surface area contributed by atoms with E-state index in [1.807, 2.05) is 22.6 Å². The molecule has 4 heterocycles. The summed E-state index contributed by atoms with van der Waals surface area (Å²) < 4.78 is 32.0. The van der Waals surface area contributed by atoms with Crippen molar-refractivity contribution >= 4 is 17.4 Å². The minimum atomic E-state index is -2.61. The lowest BCUT2D eigenvalue weighted by molar-refractivity contribution is -0.129. The van der Waals surface area contributed by atoms with E-state index in [4.69, 9.17) is 5.10 Å². The lowest BCUT2D eigenvalue weighted by atomic mass is 9.92. The largest absolute Gasteiger partial charge is 0.338 e. The summed E-state index contributed by atoms with van der Waals surface area (Å²) in [5, 5.41) is 9.05. The van der Waals surface area contributed by atoms with Crippen molar-refractivity contribution in [2.45, 2.75) is 52.6 Å². The zero-order valence-electron chi connectivity index (χ0n) is 19.2. The smallest absolute Gasteiger partial charge is 0.264 e. The Morgan fingerprint density at radius 3 is 2.70 bits per heavy atom. The van der Waals surface area contributed by atoms with E-state index in [9.17, 15) is 13.6 Å². The average Bonchev–Trinajstić information content (AvgIpc) is 3.40. The van der Waals surface area contributed by atoms with Gasteiger partial charge in [-0.05, 0) is 43.0 Å². The first-order valence-corrected chi connectivity index (χ1v) is 11.4. The highest BCUT2D eigenvalue weighted by atomic mass is 19.3. The number of benzene rings is 1. The van der Waals surface area contributed by atoms with Gasteiger partial charge in [-0.15, -0.1) is 0 Å². The molecule has 0 saturated heterocycles. The molecular weight excluding hydrogens is 426 g/mol. The zero-order chi connectivity index (χ0) is 23.3. The molecule has 0 spiro atoms. The number of nitrogens with zero attached hydrogens (tertiary/aromatic N) is 6. The summed E-state index contributed by atoms with van der Waals surface area (Å²) >= 11 is 0. The molecule has 9 heteroatoms. The quantitative estimate of drug-likeness (QED) is 0.592. The first-order chi connectivity index (χ1) is 15.9. The van der Waals surface area contributed by atoms with E-state index in [1.54, 1.807) is 37.1 Å². The summed E-state index contributed by atoms with van der Waals surface area (Å²) in [7, 11) is 1.78. The maximum Gasteiger partial charge on any atom is 0.264 e. The lowest BCUT2D eigenvalue weighted by Crippen LogP contribution is -2.35. The third-order valence-corrected chi connectivity index (χ3v) is 6.73. The van der Waals surface area contributed by atoms with Crippen LogP contribution in [0.1, 0.15) is 49.1 Å². The van der Waals surface area contributed by atoms with Crippen molar-refractivity contribution in [2.24, 2.45) is 7.05 Å². The molecule has 0 N–H and O–H groups in total. The van der Waals surface area contributed by atoms with E-state index in [0.717, 1.165) is 54.1 Å². The molecular formula is C24H28F2N6O. The second-order valence-corrected chi connectivity index (χ2v) is 8.78. The van der Waals surface area contributed by atoms with Crippen LogP contribution in [0.25, 0.3) is 11.1 Å². The molecule has 3 aromatic rings. The average molecular weight is 455 g/mol. The molecule has 2 aliphatic heterocycles. The molecule has 0 aliphatic carbocycles. The van der Waals surface area contributed by atoms with Crippen LogP contribution >= 0.6 is 0 Å². The maximum absolute atomic E-state index is 14.2. The van der Waals surface area contributed by atoms with Crippen LogP contribution in [0.2, 0.25) is 0 Å². The Hall–Kier alpha value is -3.23. The van der Waals surface area contributed by atoms with Crippen LogP contribution in [0.3, 0.4) is 0 Å². The molecule has 0 radical (unpaired) electrons. The fourth-order valence-corrected chi connectivity index (χ4v) is 5.08. The first-order valence-electron chi connectivity index (χ1n) is 11.4. The topological polar surface area (TPSA) is 59.2 Å². The van der Waals surface area contributed by atoms with E-state index in [2.05, 4.69) is 10.00 Å². The van der Waals surface area contributed by atoms with Crippen molar-refractivity contribution < 1.29 is 13.6 Å². The standard InChI is InChI=1S/C24H28F2N6O/c1-4-32-21-7-9-30(15(2)33)14-20(21)24(28-32)31-8-5-6-16-10-18(17-12-27-29(3)13-17)19(23(25)26)11-22(16)31/h10-13,23H,4-9,14H2,1-3H3. The van der Waals surface area contributed by atoms with Gasteiger partial charge in [-0.3, -0.25) is 14.2 Å². The third-order valence-electron chi connectivity index (χ3n) is 6.73. The minimum Gasteiger partial charge on any atom is -0.338 e. The molecule has 0 unspecified atom stereocenters. The second kappa shape index (κ2) is 8.28. The normalized spacial score (nSPS) is 15.7. The van der Waals surface area contributed by atoms with E-state index >= 15 is 0 Å². The van der Waals surface area contributed by atoms with Crippen molar-refractivity contribution in [2.75, 3.05) is 18.0 Å². The van der Waals surface area contributed by atoms with Gasteiger partial charge in [-0.1, -0.05) is 0 Å². The van der Waals surface area contributed by atoms with Crippen LogP contribution in [0.15, 0.2) is 24.5 Å². The summed E-state index contributed by atoms with van der Waals surface area (Å²) in [5.41, 5.74) is 5.21. The Morgan fingerprint density at radius 2 is 2.03 bits per heavy atom. The van der Waals surface area contributed by atoms with Gasteiger partial charge in [0.05, 0.1) is 12.7 Å². The number of rotatable bonds is 4. The van der Waals surface area contributed by atoms with Crippen LogP contribution in [-0.2, 0) is 37.8 Å². The monoisotopic (exact) mass is 454 g/mol. The van der Waals surface area contributed by atoms with Crippen molar-refractivity contribution in [3.63, 3.8) is 0 Å². The second-order valence-electron chi connectivity index (χ2n) is 8.78. The molecule has 1 amide bonds. The summed E-state index contributed by atoms with van der Waals surface area (Å²) in [6, 6.07) is 3.52. The molecule has 0 bridgehead atoms. The van der Waals surface area contributed by atoms with Gasteiger partial charge in [0, 0.05) is 74.3 Å². The molecule has 2 aromatic heterocycles. The molecule has 1 aromatic carbocycles. The first kappa shape index (κ1) is 21.6. The van der Waals surface area contributed by atoms with Gasteiger partial charge in [-0.2, -0.15) is 10.2 Å². The van der Waals surface area contributed by atoms with Crippen molar-refractivity contribution in [3.05, 3.63) is 46.9 Å². The predicted molar refractivity (Wildman–Crippen MR) is 122 cm³/mol. The highest BCUT2D eigenvalue weighted by Crippen LogP contribution is 2.42. The number of aromatic nitrogens is 4. The number of hydrogen-bond acceptors (Lipinski definition) is 4. The number of aryl methyl sites for hydroxylation is 3. The number of carbonyl (C=O) groups is 1. The number of alkyl halides is 2. The highest BCUT2D eigenvalue weighted by molar-refractivity contribution is 5.78. The van der Waals surface area contributed by atoms with Crippen LogP contribution < -0.4 is 4.90 Å².